The van der Waals surface area contributed by atoms with Crippen molar-refractivity contribution < 1.29 is 13.5 Å². The third-order valence-corrected chi connectivity index (χ3v) is 4.60. The Morgan fingerprint density at radius 2 is 2.32 bits per heavy atom. The zero-order valence-corrected chi connectivity index (χ0v) is 11.9. The van der Waals surface area contributed by atoms with Crippen molar-refractivity contribution in [3.8, 4) is 0 Å². The normalized spacial score (nSPS) is 11.7. The molecule has 7 nitrogen and oxygen atoms in total. The molecule has 0 unspecified atom stereocenters. The summed E-state index contributed by atoms with van der Waals surface area (Å²) < 4.78 is 28.0. The van der Waals surface area contributed by atoms with Crippen molar-refractivity contribution in [2.24, 2.45) is 0 Å². The third kappa shape index (κ3) is 3.52. The molecule has 2 aromatic rings. The van der Waals surface area contributed by atoms with Crippen LogP contribution in [0.3, 0.4) is 0 Å². The van der Waals surface area contributed by atoms with Gasteiger partial charge in [-0.1, -0.05) is 0 Å². The topological polar surface area (TPSA) is 97.1 Å². The Kier molecular flexibility index (Phi) is 4.17. The Morgan fingerprint density at radius 3 is 2.95 bits per heavy atom. The van der Waals surface area contributed by atoms with E-state index in [1.807, 2.05) is 0 Å². The van der Waals surface area contributed by atoms with Crippen LogP contribution in [-0.2, 0) is 16.6 Å². The average molecular weight is 302 g/mol. The number of thiazole rings is 1. The number of aliphatic hydroxyl groups excluding tert-OH is 1. The number of hydrogen-bond acceptors (Lipinski definition) is 6. The van der Waals surface area contributed by atoms with Crippen LogP contribution in [0, 0.1) is 6.92 Å². The molecule has 2 rings (SSSR count). The number of aromatic nitrogens is 3. The van der Waals surface area contributed by atoms with Crippen LogP contribution in [0.25, 0.3) is 0 Å². The molecule has 0 radical (unpaired) electrons. The fourth-order valence-corrected chi connectivity index (χ4v) is 3.31. The molecule has 0 aliphatic heterocycles. The molecule has 19 heavy (non-hydrogen) atoms. The second-order valence-electron chi connectivity index (χ2n) is 3.92. The van der Waals surface area contributed by atoms with Gasteiger partial charge in [0.05, 0.1) is 11.9 Å². The minimum atomic E-state index is -3.65. The molecule has 0 saturated heterocycles. The number of nitrogens with one attached hydrogen (secondary N) is 1. The Balaban J connectivity index is 2.13. The molecule has 0 aliphatic carbocycles. The zero-order chi connectivity index (χ0) is 13.9. The number of nitrogens with zero attached hydrogens (tertiary/aromatic N) is 3. The van der Waals surface area contributed by atoms with E-state index in [2.05, 4.69) is 14.8 Å². The van der Waals surface area contributed by atoms with Crippen molar-refractivity contribution in [3.05, 3.63) is 23.5 Å². The second-order valence-corrected chi connectivity index (χ2v) is 6.46. The molecular weight excluding hydrogens is 288 g/mol. The monoisotopic (exact) mass is 302 g/mol. The largest absolute Gasteiger partial charge is 0.396 e. The van der Waals surface area contributed by atoms with E-state index in [1.165, 1.54) is 28.4 Å². The molecule has 104 valence electrons. The number of sulfonamides is 1. The molecule has 0 fully saturated rings. The van der Waals surface area contributed by atoms with Crippen molar-refractivity contribution in [3.63, 3.8) is 0 Å². The van der Waals surface area contributed by atoms with Crippen molar-refractivity contribution in [2.45, 2.75) is 24.8 Å². The standard InChI is InChI=1S/C10H14N4O3S2/c1-8-7-18-10(12-8)13-19(16,17)9-5-11-14(6-9)3-2-4-15/h5-7,15H,2-4H2,1H3,(H,12,13). The highest BCUT2D eigenvalue weighted by Crippen LogP contribution is 2.19. The molecule has 2 aromatic heterocycles. The molecular formula is C10H14N4O3S2. The van der Waals surface area contributed by atoms with Gasteiger partial charge in [-0.25, -0.2) is 13.4 Å². The molecule has 0 bridgehead atoms. The molecule has 0 aliphatic rings. The molecule has 2 N–H and O–H groups in total. The SMILES string of the molecule is Cc1csc(NS(=O)(=O)c2cnn(CCCO)c2)n1. The van der Waals surface area contributed by atoms with Gasteiger partial charge < -0.3 is 5.11 Å². The van der Waals surface area contributed by atoms with E-state index in [9.17, 15) is 8.42 Å². The smallest absolute Gasteiger partial charge is 0.266 e. The van der Waals surface area contributed by atoms with Crippen molar-refractivity contribution >= 4 is 26.5 Å². The van der Waals surface area contributed by atoms with Crippen LogP contribution >= 0.6 is 11.3 Å². The maximum atomic E-state index is 12.1. The highest BCUT2D eigenvalue weighted by molar-refractivity contribution is 7.93. The van der Waals surface area contributed by atoms with Gasteiger partial charge >= 0.3 is 0 Å². The summed E-state index contributed by atoms with van der Waals surface area (Å²) in [7, 11) is -3.65. The van der Waals surface area contributed by atoms with Gasteiger partial charge in [-0.3, -0.25) is 9.40 Å². The van der Waals surface area contributed by atoms with Crippen LogP contribution in [0.1, 0.15) is 12.1 Å². The van der Waals surface area contributed by atoms with Crippen LogP contribution in [0.2, 0.25) is 0 Å². The van der Waals surface area contributed by atoms with Crippen molar-refractivity contribution in [1.29, 1.82) is 0 Å². The Bertz CT molecular complexity index is 647. The summed E-state index contributed by atoms with van der Waals surface area (Å²) >= 11 is 1.23. The first-order chi connectivity index (χ1) is 9.01. The van der Waals surface area contributed by atoms with Gasteiger partial charge in [0.15, 0.2) is 5.13 Å². The predicted molar refractivity (Wildman–Crippen MR) is 71.6 cm³/mol. The van der Waals surface area contributed by atoms with Gasteiger partial charge in [0.25, 0.3) is 10.0 Å². The summed E-state index contributed by atoms with van der Waals surface area (Å²) in [6.07, 6.45) is 3.24. The van der Waals surface area contributed by atoms with Gasteiger partial charge in [-0.15, -0.1) is 11.3 Å². The van der Waals surface area contributed by atoms with E-state index in [4.69, 9.17) is 5.11 Å². The maximum Gasteiger partial charge on any atom is 0.266 e. The molecule has 0 saturated carbocycles. The van der Waals surface area contributed by atoms with Crippen LogP contribution in [0.15, 0.2) is 22.7 Å². The lowest BCUT2D eigenvalue weighted by atomic mass is 10.5. The van der Waals surface area contributed by atoms with Crippen LogP contribution in [-0.4, -0.2) is 34.9 Å². The van der Waals surface area contributed by atoms with Gasteiger partial charge in [0.2, 0.25) is 0 Å². The molecule has 2 heterocycles. The van der Waals surface area contributed by atoms with Gasteiger partial charge in [-0.05, 0) is 13.3 Å². The first kappa shape index (κ1) is 14.0. The summed E-state index contributed by atoms with van der Waals surface area (Å²) in [5.41, 5.74) is 0.765. The van der Waals surface area contributed by atoms with Gasteiger partial charge in [0.1, 0.15) is 4.90 Å². The highest BCUT2D eigenvalue weighted by atomic mass is 32.2. The van der Waals surface area contributed by atoms with Crippen LogP contribution in [0.4, 0.5) is 5.13 Å². The molecule has 9 heteroatoms. The van der Waals surface area contributed by atoms with E-state index in [-0.39, 0.29) is 11.5 Å². The van der Waals surface area contributed by atoms with Crippen molar-refractivity contribution in [2.75, 3.05) is 11.3 Å². The third-order valence-electron chi connectivity index (χ3n) is 2.31. The van der Waals surface area contributed by atoms with E-state index >= 15 is 0 Å². The molecule has 0 atom stereocenters. The maximum absolute atomic E-state index is 12.1. The van der Waals surface area contributed by atoms with Crippen molar-refractivity contribution in [1.82, 2.24) is 14.8 Å². The summed E-state index contributed by atoms with van der Waals surface area (Å²) in [6, 6.07) is 0. The lowest BCUT2D eigenvalue weighted by molar-refractivity contribution is 0.277. The summed E-state index contributed by atoms with van der Waals surface area (Å²) in [5.74, 6) is 0. The lowest BCUT2D eigenvalue weighted by Gasteiger charge is -2.01. The predicted octanol–water partition coefficient (Wildman–Crippen LogP) is 0.831. The fraction of sp³-hybridized carbons (Fsp3) is 0.400. The second kappa shape index (κ2) is 5.68. The van der Waals surface area contributed by atoms with E-state index in [0.29, 0.717) is 18.1 Å². The average Bonchev–Trinajstić information content (AvgIpc) is 2.95. The summed E-state index contributed by atoms with van der Waals surface area (Å²) in [4.78, 5) is 4.13. The summed E-state index contributed by atoms with van der Waals surface area (Å²) in [6.45, 7) is 2.31. The number of aryl methyl sites for hydroxylation is 2. The van der Waals surface area contributed by atoms with Crippen LogP contribution < -0.4 is 4.72 Å². The lowest BCUT2D eigenvalue weighted by Crippen LogP contribution is -2.12. The number of rotatable bonds is 6. The molecule has 0 spiro atoms. The van der Waals surface area contributed by atoms with E-state index < -0.39 is 10.0 Å². The van der Waals surface area contributed by atoms with E-state index in [1.54, 1.807) is 12.3 Å². The van der Waals surface area contributed by atoms with Gasteiger partial charge in [-0.2, -0.15) is 5.10 Å². The minimum Gasteiger partial charge on any atom is -0.396 e. The first-order valence-corrected chi connectivity index (χ1v) is 7.96. The van der Waals surface area contributed by atoms with E-state index in [0.717, 1.165) is 5.69 Å². The number of hydrogen-bond donors (Lipinski definition) is 2. The zero-order valence-electron chi connectivity index (χ0n) is 10.3. The fourth-order valence-electron chi connectivity index (χ4n) is 1.41. The highest BCUT2D eigenvalue weighted by Gasteiger charge is 2.18. The Morgan fingerprint density at radius 1 is 1.53 bits per heavy atom. The van der Waals surface area contributed by atoms with Crippen LogP contribution in [0.5, 0.6) is 0 Å². The minimum absolute atomic E-state index is 0.0403. The quantitative estimate of drug-likeness (QED) is 0.824. The Labute approximate surface area is 115 Å². The summed E-state index contributed by atoms with van der Waals surface area (Å²) in [5, 5.41) is 14.7. The number of anilines is 1. The number of aliphatic hydroxyl groups is 1. The Hall–Kier alpha value is -1.45. The molecule has 0 aromatic carbocycles. The molecule has 0 amide bonds. The van der Waals surface area contributed by atoms with Gasteiger partial charge in [0, 0.05) is 24.7 Å². The first-order valence-electron chi connectivity index (χ1n) is 5.59.